The van der Waals surface area contributed by atoms with Gasteiger partial charge in [0.2, 0.25) is 0 Å². The SMILES string of the molecule is C=NCC(=NCCC1CC1)C1CCC(C=O)(CCC)C1. The second-order valence-electron chi connectivity index (χ2n) is 6.66. The van der Waals surface area contributed by atoms with Gasteiger partial charge >= 0.3 is 0 Å². The Balaban J connectivity index is 1.94. The molecule has 2 aliphatic carbocycles. The molecule has 0 N–H and O–H groups in total. The molecule has 0 saturated heterocycles. The number of hydrogen-bond donors (Lipinski definition) is 0. The fourth-order valence-electron chi connectivity index (χ4n) is 3.55. The third-order valence-corrected chi connectivity index (χ3v) is 4.94. The molecule has 2 unspecified atom stereocenters. The highest BCUT2D eigenvalue weighted by molar-refractivity contribution is 5.90. The van der Waals surface area contributed by atoms with Gasteiger partial charge in [-0.25, -0.2) is 0 Å². The Kier molecular flexibility index (Phi) is 5.50. The van der Waals surface area contributed by atoms with Crippen LogP contribution < -0.4 is 0 Å². The Morgan fingerprint density at radius 2 is 2.20 bits per heavy atom. The van der Waals surface area contributed by atoms with Crippen LogP contribution in [0.25, 0.3) is 0 Å². The predicted molar refractivity (Wildman–Crippen MR) is 84.8 cm³/mol. The molecule has 0 aromatic heterocycles. The third kappa shape index (κ3) is 4.00. The third-order valence-electron chi connectivity index (χ3n) is 4.94. The summed E-state index contributed by atoms with van der Waals surface area (Å²) < 4.78 is 0. The van der Waals surface area contributed by atoms with Gasteiger partial charge in [0.15, 0.2) is 0 Å². The molecule has 2 fully saturated rings. The molecule has 3 heteroatoms. The monoisotopic (exact) mass is 276 g/mol. The first-order chi connectivity index (χ1) is 9.73. The first-order valence-corrected chi connectivity index (χ1v) is 8.15. The van der Waals surface area contributed by atoms with Crippen LogP contribution in [0.5, 0.6) is 0 Å². The number of hydrogen-bond acceptors (Lipinski definition) is 3. The quantitative estimate of drug-likeness (QED) is 0.467. The first-order valence-electron chi connectivity index (χ1n) is 8.15. The van der Waals surface area contributed by atoms with Crippen LogP contribution >= 0.6 is 0 Å². The number of aliphatic imine (C=N–C) groups is 2. The van der Waals surface area contributed by atoms with E-state index in [-0.39, 0.29) is 5.41 Å². The standard InChI is InChI=1S/C17H28N2O/c1-3-8-17(13-20)9-6-15(11-17)16(12-18-2)19-10-7-14-4-5-14/h13-15H,2-12H2,1H3. The zero-order valence-corrected chi connectivity index (χ0v) is 12.8. The van der Waals surface area contributed by atoms with Gasteiger partial charge in [0.25, 0.3) is 0 Å². The van der Waals surface area contributed by atoms with Gasteiger partial charge in [-0.05, 0) is 50.7 Å². The van der Waals surface area contributed by atoms with Crippen LogP contribution in [0.15, 0.2) is 9.98 Å². The number of nitrogens with zero attached hydrogens (tertiary/aromatic N) is 2. The molecule has 0 aromatic rings. The average Bonchev–Trinajstić information content (AvgIpc) is 3.18. The summed E-state index contributed by atoms with van der Waals surface area (Å²) in [4.78, 5) is 20.3. The van der Waals surface area contributed by atoms with E-state index in [0.29, 0.717) is 12.5 Å². The van der Waals surface area contributed by atoms with Crippen molar-refractivity contribution in [1.29, 1.82) is 0 Å². The first kappa shape index (κ1) is 15.4. The van der Waals surface area contributed by atoms with Gasteiger partial charge < -0.3 is 4.79 Å². The Morgan fingerprint density at radius 1 is 1.40 bits per heavy atom. The van der Waals surface area contributed by atoms with Crippen molar-refractivity contribution in [3.8, 4) is 0 Å². The van der Waals surface area contributed by atoms with E-state index in [0.717, 1.165) is 44.6 Å². The summed E-state index contributed by atoms with van der Waals surface area (Å²) in [5.41, 5.74) is 1.11. The molecule has 20 heavy (non-hydrogen) atoms. The summed E-state index contributed by atoms with van der Waals surface area (Å²) in [6.07, 6.45) is 10.4. The zero-order chi connectivity index (χ0) is 14.4. The van der Waals surface area contributed by atoms with Crippen molar-refractivity contribution >= 4 is 18.7 Å². The van der Waals surface area contributed by atoms with Gasteiger partial charge in [0.1, 0.15) is 6.29 Å². The summed E-state index contributed by atoms with van der Waals surface area (Å²) in [5.74, 6) is 1.38. The van der Waals surface area contributed by atoms with E-state index < -0.39 is 0 Å². The van der Waals surface area contributed by atoms with Crippen LogP contribution in [-0.4, -0.2) is 31.8 Å². The maximum atomic E-state index is 11.5. The van der Waals surface area contributed by atoms with Crippen LogP contribution in [0.2, 0.25) is 0 Å². The van der Waals surface area contributed by atoms with Crippen molar-refractivity contribution in [3.63, 3.8) is 0 Å². The topological polar surface area (TPSA) is 41.8 Å². The molecule has 0 amide bonds. The van der Waals surface area contributed by atoms with E-state index in [1.807, 2.05) is 0 Å². The summed E-state index contributed by atoms with van der Waals surface area (Å²) >= 11 is 0. The van der Waals surface area contributed by atoms with E-state index in [1.165, 1.54) is 31.3 Å². The van der Waals surface area contributed by atoms with E-state index >= 15 is 0 Å². The highest BCUT2D eigenvalue weighted by Gasteiger charge is 2.39. The second kappa shape index (κ2) is 7.14. The normalized spacial score (nSPS) is 30.4. The molecule has 0 aliphatic heterocycles. The lowest BCUT2D eigenvalue weighted by molar-refractivity contribution is -0.116. The van der Waals surface area contributed by atoms with E-state index in [2.05, 4.69) is 18.6 Å². The Hall–Kier alpha value is -0.990. The molecule has 3 nitrogen and oxygen atoms in total. The van der Waals surface area contributed by atoms with Gasteiger partial charge in [-0.1, -0.05) is 26.2 Å². The van der Waals surface area contributed by atoms with E-state index in [4.69, 9.17) is 4.99 Å². The summed E-state index contributed by atoms with van der Waals surface area (Å²) in [5, 5.41) is 0. The van der Waals surface area contributed by atoms with Crippen LogP contribution in [0, 0.1) is 17.3 Å². The summed E-state index contributed by atoms with van der Waals surface area (Å²) in [6.45, 7) is 7.37. The van der Waals surface area contributed by atoms with Crippen LogP contribution in [0.4, 0.5) is 0 Å². The van der Waals surface area contributed by atoms with Gasteiger partial charge in [0, 0.05) is 17.7 Å². The van der Waals surface area contributed by atoms with Crippen LogP contribution in [0.1, 0.15) is 58.3 Å². The number of carbonyl (C=O) groups excluding carboxylic acids is 1. The van der Waals surface area contributed by atoms with Gasteiger partial charge in [-0.2, -0.15) is 0 Å². The Morgan fingerprint density at radius 3 is 2.80 bits per heavy atom. The molecule has 2 saturated carbocycles. The number of aldehydes is 1. The fraction of sp³-hybridized carbons (Fsp3) is 0.824. The lowest BCUT2D eigenvalue weighted by Crippen LogP contribution is -2.22. The van der Waals surface area contributed by atoms with E-state index in [1.54, 1.807) is 0 Å². The van der Waals surface area contributed by atoms with E-state index in [9.17, 15) is 4.79 Å². The minimum Gasteiger partial charge on any atom is -0.303 e. The van der Waals surface area contributed by atoms with Crippen molar-refractivity contribution in [1.82, 2.24) is 0 Å². The minimum atomic E-state index is -0.0855. The maximum Gasteiger partial charge on any atom is 0.126 e. The lowest BCUT2D eigenvalue weighted by Gasteiger charge is -2.22. The molecule has 0 radical (unpaired) electrons. The van der Waals surface area contributed by atoms with Crippen molar-refractivity contribution in [2.45, 2.75) is 58.3 Å². The Labute approximate surface area is 123 Å². The second-order valence-corrected chi connectivity index (χ2v) is 6.66. The van der Waals surface area contributed by atoms with Crippen molar-refractivity contribution < 1.29 is 4.79 Å². The highest BCUT2D eigenvalue weighted by Crippen LogP contribution is 2.44. The molecule has 112 valence electrons. The van der Waals surface area contributed by atoms with Crippen molar-refractivity contribution in [2.75, 3.05) is 13.1 Å². The average molecular weight is 276 g/mol. The van der Waals surface area contributed by atoms with Crippen molar-refractivity contribution in [3.05, 3.63) is 0 Å². The van der Waals surface area contributed by atoms with Gasteiger partial charge in [-0.15, -0.1) is 0 Å². The summed E-state index contributed by atoms with van der Waals surface area (Å²) in [7, 11) is 0. The fourth-order valence-corrected chi connectivity index (χ4v) is 3.55. The highest BCUT2D eigenvalue weighted by atomic mass is 16.1. The van der Waals surface area contributed by atoms with Gasteiger partial charge in [-0.3, -0.25) is 9.98 Å². The minimum absolute atomic E-state index is 0.0855. The molecular formula is C17H28N2O. The smallest absolute Gasteiger partial charge is 0.126 e. The molecule has 0 bridgehead atoms. The molecule has 2 rings (SSSR count). The molecule has 2 atom stereocenters. The predicted octanol–water partition coefficient (Wildman–Crippen LogP) is 3.71. The van der Waals surface area contributed by atoms with Gasteiger partial charge in [0.05, 0.1) is 6.54 Å². The van der Waals surface area contributed by atoms with Crippen LogP contribution in [0.3, 0.4) is 0 Å². The molecule has 2 aliphatic rings. The number of rotatable bonds is 9. The molecule has 0 spiro atoms. The number of carbonyl (C=O) groups is 1. The van der Waals surface area contributed by atoms with Crippen molar-refractivity contribution in [2.24, 2.45) is 27.2 Å². The maximum absolute atomic E-state index is 11.5. The molecule has 0 heterocycles. The Bertz CT molecular complexity index is 373. The lowest BCUT2D eigenvalue weighted by atomic mass is 9.82. The zero-order valence-electron chi connectivity index (χ0n) is 12.8. The van der Waals surface area contributed by atoms with Crippen LogP contribution in [-0.2, 0) is 4.79 Å². The summed E-state index contributed by atoms with van der Waals surface area (Å²) in [6, 6.07) is 0. The molecular weight excluding hydrogens is 248 g/mol. The largest absolute Gasteiger partial charge is 0.303 e. The molecule has 0 aromatic carbocycles.